The third-order valence-electron chi connectivity index (χ3n) is 2.41. The first-order valence-electron chi connectivity index (χ1n) is 5.20. The number of rotatable bonds is 3. The second-order valence-electron chi connectivity index (χ2n) is 3.68. The van der Waals surface area contributed by atoms with Gasteiger partial charge in [-0.15, -0.1) is 0 Å². The van der Waals surface area contributed by atoms with Crippen molar-refractivity contribution in [3.05, 3.63) is 35.9 Å². The third-order valence-corrected chi connectivity index (χ3v) is 2.41. The summed E-state index contributed by atoms with van der Waals surface area (Å²) in [6, 6.07) is 9.73. The number of hydrogen-bond acceptors (Lipinski definition) is 4. The van der Waals surface area contributed by atoms with Gasteiger partial charge in [0.2, 0.25) is 0 Å². The molecule has 2 atom stereocenters. The first-order valence-corrected chi connectivity index (χ1v) is 5.20. The summed E-state index contributed by atoms with van der Waals surface area (Å²) in [5, 5.41) is 5.49. The van der Waals surface area contributed by atoms with Gasteiger partial charge >= 0.3 is 0 Å². The Morgan fingerprint density at radius 1 is 1.38 bits per heavy atom. The van der Waals surface area contributed by atoms with E-state index in [0.717, 1.165) is 5.56 Å². The van der Waals surface area contributed by atoms with Crippen LogP contribution in [0.2, 0.25) is 0 Å². The summed E-state index contributed by atoms with van der Waals surface area (Å²) in [6.07, 6.45) is -0.941. The molecule has 0 aliphatic carbocycles. The van der Waals surface area contributed by atoms with E-state index >= 15 is 0 Å². The largest absolute Gasteiger partial charge is 0.362 e. The molecule has 0 saturated carbocycles. The van der Waals surface area contributed by atoms with E-state index in [1.165, 1.54) is 0 Å². The number of nitrogens with one attached hydrogen (secondary N) is 2. The molecule has 5 heteroatoms. The standard InChI is InChI=1S/C11H15N3O2/c12-11-13-6-9(10(15)14-11)16-7-8-4-2-1-3-5-8/h1-5,9,11,13H,6-7,12H2,(H,14,15). The average Bonchev–Trinajstić information content (AvgIpc) is 2.29. The Morgan fingerprint density at radius 3 is 2.81 bits per heavy atom. The fraction of sp³-hybridized carbons (Fsp3) is 0.364. The van der Waals surface area contributed by atoms with Gasteiger partial charge in [0.15, 0.2) is 0 Å². The SMILES string of the molecule is NC1NCC(OCc2ccccc2)C(=O)N1. The Labute approximate surface area is 94.0 Å². The zero-order valence-corrected chi connectivity index (χ0v) is 8.85. The van der Waals surface area contributed by atoms with Crippen LogP contribution in [-0.2, 0) is 16.1 Å². The maximum atomic E-state index is 11.5. The van der Waals surface area contributed by atoms with Gasteiger partial charge in [0.05, 0.1) is 6.61 Å². The highest BCUT2D eigenvalue weighted by Gasteiger charge is 2.25. The van der Waals surface area contributed by atoms with Crippen LogP contribution in [-0.4, -0.2) is 24.8 Å². The molecule has 1 heterocycles. The molecule has 1 saturated heterocycles. The Balaban J connectivity index is 1.84. The highest BCUT2D eigenvalue weighted by molar-refractivity contribution is 5.82. The van der Waals surface area contributed by atoms with Gasteiger partial charge < -0.3 is 10.1 Å². The summed E-state index contributed by atoms with van der Waals surface area (Å²) >= 11 is 0. The minimum Gasteiger partial charge on any atom is -0.362 e. The van der Waals surface area contributed by atoms with Crippen LogP contribution in [0.5, 0.6) is 0 Å². The molecule has 0 radical (unpaired) electrons. The number of nitrogens with two attached hydrogens (primary N) is 1. The minimum absolute atomic E-state index is 0.165. The molecule has 2 unspecified atom stereocenters. The van der Waals surface area contributed by atoms with Crippen molar-refractivity contribution in [2.24, 2.45) is 5.73 Å². The van der Waals surface area contributed by atoms with Crippen LogP contribution in [0.3, 0.4) is 0 Å². The lowest BCUT2D eigenvalue weighted by Gasteiger charge is -2.27. The Bertz CT molecular complexity index is 356. The van der Waals surface area contributed by atoms with Crippen LogP contribution in [0.4, 0.5) is 0 Å². The van der Waals surface area contributed by atoms with E-state index in [0.29, 0.717) is 13.2 Å². The molecule has 1 fully saturated rings. The summed E-state index contributed by atoms with van der Waals surface area (Å²) in [7, 11) is 0. The summed E-state index contributed by atoms with van der Waals surface area (Å²) < 4.78 is 5.50. The Kier molecular flexibility index (Phi) is 3.51. The third kappa shape index (κ3) is 2.79. The molecule has 1 aromatic rings. The van der Waals surface area contributed by atoms with Crippen LogP contribution in [0.25, 0.3) is 0 Å². The first kappa shape index (κ1) is 11.1. The van der Waals surface area contributed by atoms with E-state index in [2.05, 4.69) is 10.6 Å². The highest BCUT2D eigenvalue weighted by Crippen LogP contribution is 2.04. The first-order chi connectivity index (χ1) is 7.75. The van der Waals surface area contributed by atoms with Crippen LogP contribution >= 0.6 is 0 Å². The van der Waals surface area contributed by atoms with Gasteiger partial charge in [-0.1, -0.05) is 30.3 Å². The number of carbonyl (C=O) groups excluding carboxylic acids is 1. The van der Waals surface area contributed by atoms with Gasteiger partial charge in [-0.2, -0.15) is 0 Å². The Hall–Kier alpha value is -1.43. The number of ether oxygens (including phenoxy) is 1. The summed E-state index contributed by atoms with van der Waals surface area (Å²) in [5.41, 5.74) is 6.54. The van der Waals surface area contributed by atoms with E-state index in [-0.39, 0.29) is 5.91 Å². The lowest BCUT2D eigenvalue weighted by molar-refractivity contribution is -0.137. The fourth-order valence-electron chi connectivity index (χ4n) is 1.53. The molecule has 16 heavy (non-hydrogen) atoms. The number of carbonyl (C=O) groups is 1. The van der Waals surface area contributed by atoms with Gasteiger partial charge in [-0.25, -0.2) is 0 Å². The summed E-state index contributed by atoms with van der Waals surface area (Å²) in [6.45, 7) is 0.871. The number of amides is 1. The zero-order valence-electron chi connectivity index (χ0n) is 8.85. The smallest absolute Gasteiger partial charge is 0.252 e. The molecule has 1 aromatic carbocycles. The van der Waals surface area contributed by atoms with Crippen molar-refractivity contribution >= 4 is 5.91 Å². The van der Waals surface area contributed by atoms with E-state index in [9.17, 15) is 4.79 Å². The molecular weight excluding hydrogens is 206 g/mol. The normalized spacial score (nSPS) is 25.2. The topological polar surface area (TPSA) is 76.4 Å². The quantitative estimate of drug-likeness (QED) is 0.645. The zero-order chi connectivity index (χ0) is 11.4. The molecule has 1 amide bonds. The van der Waals surface area contributed by atoms with Crippen molar-refractivity contribution in [1.82, 2.24) is 10.6 Å². The monoisotopic (exact) mass is 221 g/mol. The summed E-state index contributed by atoms with van der Waals surface area (Å²) in [5.74, 6) is -0.165. The average molecular weight is 221 g/mol. The maximum Gasteiger partial charge on any atom is 0.252 e. The van der Waals surface area contributed by atoms with Crippen molar-refractivity contribution in [2.75, 3.05) is 6.54 Å². The predicted molar refractivity (Wildman–Crippen MR) is 59.1 cm³/mol. The van der Waals surface area contributed by atoms with E-state index in [1.54, 1.807) is 0 Å². The van der Waals surface area contributed by atoms with Crippen LogP contribution in [0, 0.1) is 0 Å². The van der Waals surface area contributed by atoms with Gasteiger partial charge in [-0.05, 0) is 5.56 Å². The van der Waals surface area contributed by atoms with Gasteiger partial charge in [0, 0.05) is 6.54 Å². The van der Waals surface area contributed by atoms with E-state index in [1.807, 2.05) is 30.3 Å². The molecule has 86 valence electrons. The summed E-state index contributed by atoms with van der Waals surface area (Å²) in [4.78, 5) is 11.5. The molecule has 1 aliphatic heterocycles. The molecule has 0 bridgehead atoms. The van der Waals surface area contributed by atoms with Crippen molar-refractivity contribution < 1.29 is 9.53 Å². The second kappa shape index (κ2) is 5.07. The molecule has 0 aromatic heterocycles. The second-order valence-corrected chi connectivity index (χ2v) is 3.68. The van der Waals surface area contributed by atoms with Gasteiger partial charge in [-0.3, -0.25) is 15.8 Å². The molecule has 0 spiro atoms. The van der Waals surface area contributed by atoms with Crippen molar-refractivity contribution in [1.29, 1.82) is 0 Å². The molecule has 4 N–H and O–H groups in total. The van der Waals surface area contributed by atoms with E-state index < -0.39 is 12.4 Å². The Morgan fingerprint density at radius 2 is 2.12 bits per heavy atom. The molecule has 2 rings (SSSR count). The van der Waals surface area contributed by atoms with Crippen molar-refractivity contribution in [3.8, 4) is 0 Å². The highest BCUT2D eigenvalue weighted by atomic mass is 16.5. The van der Waals surface area contributed by atoms with E-state index in [4.69, 9.17) is 10.5 Å². The fourth-order valence-corrected chi connectivity index (χ4v) is 1.53. The lowest BCUT2D eigenvalue weighted by Crippen LogP contribution is -2.62. The van der Waals surface area contributed by atoms with Crippen molar-refractivity contribution in [2.45, 2.75) is 19.0 Å². The minimum atomic E-state index is -0.472. The number of hydrogen-bond donors (Lipinski definition) is 3. The van der Waals surface area contributed by atoms with Crippen LogP contribution < -0.4 is 16.4 Å². The van der Waals surface area contributed by atoms with Crippen LogP contribution in [0.15, 0.2) is 30.3 Å². The van der Waals surface area contributed by atoms with Crippen LogP contribution in [0.1, 0.15) is 5.56 Å². The molecular formula is C11H15N3O2. The maximum absolute atomic E-state index is 11.5. The number of benzene rings is 1. The molecule has 5 nitrogen and oxygen atoms in total. The predicted octanol–water partition coefficient (Wildman–Crippen LogP) is -0.467. The molecule has 1 aliphatic rings. The van der Waals surface area contributed by atoms with Gasteiger partial charge in [0.25, 0.3) is 5.91 Å². The van der Waals surface area contributed by atoms with Crippen molar-refractivity contribution in [3.63, 3.8) is 0 Å². The van der Waals surface area contributed by atoms with Gasteiger partial charge in [0.1, 0.15) is 12.4 Å². The lowest BCUT2D eigenvalue weighted by atomic mass is 10.2.